The molecule has 8 heteroatoms. The highest BCUT2D eigenvalue weighted by atomic mass is 79.9. The molecule has 2 aliphatic rings. The van der Waals surface area contributed by atoms with Crippen LogP contribution in [0.3, 0.4) is 0 Å². The molecule has 0 N–H and O–H groups in total. The van der Waals surface area contributed by atoms with E-state index in [1.54, 1.807) is 24.3 Å². The second kappa shape index (κ2) is 15.5. The topological polar surface area (TPSA) is 82.1 Å². The minimum Gasteiger partial charge on any atom is -0.457 e. The van der Waals surface area contributed by atoms with Crippen molar-refractivity contribution in [1.82, 2.24) is 4.90 Å². The Labute approximate surface area is 261 Å². The number of rotatable bonds is 13. The molecular weight excluding hydrogens is 610 g/mol. The number of benzene rings is 3. The maximum atomic E-state index is 13.2. The highest BCUT2D eigenvalue weighted by Crippen LogP contribution is 2.35. The van der Waals surface area contributed by atoms with Gasteiger partial charge in [0.15, 0.2) is 18.2 Å². The Morgan fingerprint density at radius 1 is 0.953 bits per heavy atom. The van der Waals surface area contributed by atoms with Gasteiger partial charge in [-0.2, -0.15) is 0 Å². The van der Waals surface area contributed by atoms with E-state index in [-0.39, 0.29) is 42.7 Å². The van der Waals surface area contributed by atoms with Crippen molar-refractivity contribution >= 4 is 44.2 Å². The van der Waals surface area contributed by atoms with Gasteiger partial charge < -0.3 is 14.2 Å². The first kappa shape index (κ1) is 31.3. The predicted octanol–water partition coefficient (Wildman–Crippen LogP) is 6.32. The zero-order valence-electron chi connectivity index (χ0n) is 24.3. The summed E-state index contributed by atoms with van der Waals surface area (Å²) in [6.45, 7) is 3.01. The van der Waals surface area contributed by atoms with Crippen molar-refractivity contribution in [3.8, 4) is 0 Å². The predicted molar refractivity (Wildman–Crippen MR) is 169 cm³/mol. The van der Waals surface area contributed by atoms with Crippen molar-refractivity contribution < 1.29 is 28.6 Å². The molecule has 3 atom stereocenters. The number of carbonyl (C=O) groups excluding carboxylic acids is 3. The third-order valence-electron chi connectivity index (χ3n) is 8.21. The van der Waals surface area contributed by atoms with Crippen LogP contribution in [0.4, 0.5) is 0 Å². The van der Waals surface area contributed by atoms with Crippen LogP contribution in [0.2, 0.25) is 0 Å². The van der Waals surface area contributed by atoms with Crippen LogP contribution in [-0.2, 0) is 30.4 Å². The van der Waals surface area contributed by atoms with Gasteiger partial charge in [-0.1, -0.05) is 76.6 Å². The molecule has 3 aromatic rings. The number of halogens is 1. The molecule has 1 saturated carbocycles. The molecule has 0 bridgehead atoms. The number of Topliss-reactive ketones (excluding diaryl/α,β-unsaturated/α-hetero) is 2. The average molecular weight is 649 g/mol. The zero-order chi connectivity index (χ0) is 30.0. The van der Waals surface area contributed by atoms with Crippen molar-refractivity contribution in [3.05, 3.63) is 94.5 Å². The number of carbonyl (C=O) groups is 3. The van der Waals surface area contributed by atoms with Gasteiger partial charge >= 0.3 is 5.97 Å². The van der Waals surface area contributed by atoms with Crippen LogP contribution in [0.15, 0.2) is 83.4 Å². The molecule has 5 rings (SSSR count). The van der Waals surface area contributed by atoms with Gasteiger partial charge in [-0.15, -0.1) is 0 Å². The molecule has 0 amide bonds. The van der Waals surface area contributed by atoms with Crippen molar-refractivity contribution in [2.45, 2.75) is 50.9 Å². The number of esters is 1. The smallest absolute Gasteiger partial charge is 0.306 e. The highest BCUT2D eigenvalue weighted by Gasteiger charge is 2.45. The standard InChI is InChI=1S/C35H38BrNO6/c36-29-15-13-27(14-16-29)32(39)24-43-34(40)10-4-2-1-3-9-30-33(22-31(38)35(30)37-17-19-41-20-18-37)42-23-25-11-12-26-7-5-6-8-28(26)21-25/h1-2,5-8,11-16,21,30,33,35H,3-4,9-10,17-20,22-24H2/b2-1-/t30?,33-,35+/m1/s1. The molecule has 1 aliphatic heterocycles. The minimum atomic E-state index is -0.397. The Balaban J connectivity index is 1.11. The second-order valence-electron chi connectivity index (χ2n) is 11.1. The third-order valence-corrected chi connectivity index (χ3v) is 8.74. The molecular formula is C35H38BrNO6. The number of hydrogen-bond acceptors (Lipinski definition) is 7. The van der Waals surface area contributed by atoms with Crippen molar-refractivity contribution in [3.63, 3.8) is 0 Å². The number of hydrogen-bond donors (Lipinski definition) is 0. The third kappa shape index (κ3) is 8.70. The fourth-order valence-electron chi connectivity index (χ4n) is 5.96. The van der Waals surface area contributed by atoms with E-state index in [1.165, 1.54) is 10.8 Å². The molecule has 1 unspecified atom stereocenters. The molecule has 0 spiro atoms. The number of ketones is 2. The Bertz CT molecular complexity index is 1430. The van der Waals surface area contributed by atoms with Crippen molar-refractivity contribution in [1.29, 1.82) is 0 Å². The summed E-state index contributed by atoms with van der Waals surface area (Å²) in [5.41, 5.74) is 1.61. The van der Waals surface area contributed by atoms with Crippen LogP contribution >= 0.6 is 15.9 Å². The van der Waals surface area contributed by atoms with Gasteiger partial charge in [-0.25, -0.2) is 0 Å². The summed E-state index contributed by atoms with van der Waals surface area (Å²) in [5.74, 6) is -0.286. The number of allylic oxidation sites excluding steroid dienone is 2. The molecule has 7 nitrogen and oxygen atoms in total. The van der Waals surface area contributed by atoms with Gasteiger partial charge in [0.25, 0.3) is 0 Å². The minimum absolute atomic E-state index is 0.0882. The van der Waals surface area contributed by atoms with Crippen LogP contribution in [0.1, 0.15) is 48.0 Å². The van der Waals surface area contributed by atoms with Crippen LogP contribution < -0.4 is 0 Å². The average Bonchev–Trinajstić information content (AvgIpc) is 3.35. The van der Waals surface area contributed by atoms with Gasteiger partial charge in [-0.05, 0) is 53.8 Å². The lowest BCUT2D eigenvalue weighted by atomic mass is 9.93. The Morgan fingerprint density at radius 3 is 2.49 bits per heavy atom. The van der Waals surface area contributed by atoms with Crippen LogP contribution in [0.5, 0.6) is 0 Å². The summed E-state index contributed by atoms with van der Waals surface area (Å²) in [7, 11) is 0. The number of ether oxygens (including phenoxy) is 3. The van der Waals surface area contributed by atoms with Crippen LogP contribution in [0, 0.1) is 5.92 Å². The van der Waals surface area contributed by atoms with E-state index in [0.29, 0.717) is 38.2 Å². The summed E-state index contributed by atoms with van der Waals surface area (Å²) in [5, 5.41) is 2.38. The van der Waals surface area contributed by atoms with E-state index < -0.39 is 5.97 Å². The van der Waals surface area contributed by atoms with E-state index in [4.69, 9.17) is 14.2 Å². The Kier molecular flexibility index (Phi) is 11.3. The Hall–Kier alpha value is -3.17. The summed E-state index contributed by atoms with van der Waals surface area (Å²) < 4.78 is 18.0. The van der Waals surface area contributed by atoms with Crippen LogP contribution in [-0.4, -0.2) is 67.5 Å². The summed E-state index contributed by atoms with van der Waals surface area (Å²) in [4.78, 5) is 39.9. The van der Waals surface area contributed by atoms with Gasteiger partial charge in [-0.3, -0.25) is 19.3 Å². The van der Waals surface area contributed by atoms with Gasteiger partial charge in [0.1, 0.15) is 0 Å². The first-order valence-corrected chi connectivity index (χ1v) is 15.8. The molecule has 1 saturated heterocycles. The van der Waals surface area contributed by atoms with E-state index >= 15 is 0 Å². The first-order valence-electron chi connectivity index (χ1n) is 15.0. The normalized spacial score (nSPS) is 21.0. The molecule has 226 valence electrons. The lowest BCUT2D eigenvalue weighted by Crippen LogP contribution is -2.49. The largest absolute Gasteiger partial charge is 0.457 e. The Morgan fingerprint density at radius 2 is 1.70 bits per heavy atom. The SMILES string of the molecule is O=C(CC/C=C\CCC1[C@H](N2CCOCC2)C(=O)C[C@H]1OCc1ccc2ccccc2c1)OCC(=O)c1ccc(Br)cc1. The van der Waals surface area contributed by atoms with Gasteiger partial charge in [0.05, 0.1) is 32.0 Å². The summed E-state index contributed by atoms with van der Waals surface area (Å²) in [6, 6.07) is 21.4. The summed E-state index contributed by atoms with van der Waals surface area (Å²) in [6.07, 6.45) is 6.67. The molecule has 1 aliphatic carbocycles. The van der Waals surface area contributed by atoms with Crippen molar-refractivity contribution in [2.75, 3.05) is 32.9 Å². The maximum absolute atomic E-state index is 13.2. The van der Waals surface area contributed by atoms with Gasteiger partial charge in [0.2, 0.25) is 0 Å². The number of fused-ring (bicyclic) bond motifs is 1. The van der Waals surface area contributed by atoms with E-state index in [1.807, 2.05) is 18.2 Å². The summed E-state index contributed by atoms with van der Waals surface area (Å²) >= 11 is 3.34. The van der Waals surface area contributed by atoms with E-state index in [2.05, 4.69) is 57.2 Å². The zero-order valence-corrected chi connectivity index (χ0v) is 25.9. The maximum Gasteiger partial charge on any atom is 0.306 e. The molecule has 2 fully saturated rings. The lowest BCUT2D eigenvalue weighted by Gasteiger charge is -2.35. The monoisotopic (exact) mass is 647 g/mol. The molecule has 1 heterocycles. The highest BCUT2D eigenvalue weighted by molar-refractivity contribution is 9.10. The molecule has 3 aromatic carbocycles. The van der Waals surface area contributed by atoms with Crippen LogP contribution in [0.25, 0.3) is 10.8 Å². The van der Waals surface area contributed by atoms with Gasteiger partial charge in [0, 0.05) is 41.9 Å². The van der Waals surface area contributed by atoms with E-state index in [9.17, 15) is 14.4 Å². The number of morpholine rings is 1. The quantitative estimate of drug-likeness (QED) is 0.122. The van der Waals surface area contributed by atoms with E-state index in [0.717, 1.165) is 36.0 Å². The fourth-order valence-corrected chi connectivity index (χ4v) is 6.23. The fraction of sp³-hybridized carbons (Fsp3) is 0.400. The van der Waals surface area contributed by atoms with Crippen molar-refractivity contribution in [2.24, 2.45) is 5.92 Å². The first-order chi connectivity index (χ1) is 21.0. The molecule has 0 aromatic heterocycles. The molecule has 0 radical (unpaired) electrons. The molecule has 43 heavy (non-hydrogen) atoms. The second-order valence-corrected chi connectivity index (χ2v) is 12.1. The number of nitrogens with zero attached hydrogens (tertiary/aromatic N) is 1. The lowest BCUT2D eigenvalue weighted by molar-refractivity contribution is -0.142.